The van der Waals surface area contributed by atoms with Gasteiger partial charge in [-0.15, -0.1) is 0 Å². The molecule has 0 saturated carbocycles. The Morgan fingerprint density at radius 2 is 2.05 bits per heavy atom. The zero-order valence-corrected chi connectivity index (χ0v) is 11.6. The fourth-order valence-corrected chi connectivity index (χ4v) is 2.09. The number of nitrogens with zero attached hydrogens (tertiary/aromatic N) is 1. The Morgan fingerprint density at radius 3 is 2.71 bits per heavy atom. The molecule has 0 aliphatic carbocycles. The summed E-state index contributed by atoms with van der Waals surface area (Å²) in [4.78, 5) is 27.5. The minimum absolute atomic E-state index is 0.0801. The Kier molecular flexibility index (Phi) is 4.34. The highest BCUT2D eigenvalue weighted by atomic mass is 16.2. The third-order valence-electron chi connectivity index (χ3n) is 2.99. The van der Waals surface area contributed by atoms with E-state index in [0.29, 0.717) is 22.3 Å². The Hall–Kier alpha value is -2.67. The van der Waals surface area contributed by atoms with E-state index >= 15 is 0 Å². The van der Waals surface area contributed by atoms with Crippen LogP contribution in [0.25, 0.3) is 10.9 Å². The van der Waals surface area contributed by atoms with Gasteiger partial charge in [0.1, 0.15) is 5.82 Å². The maximum Gasteiger partial charge on any atom is 0.252 e. The van der Waals surface area contributed by atoms with Crippen molar-refractivity contribution >= 4 is 28.5 Å². The number of hydrazine groups is 1. The second kappa shape index (κ2) is 6.19. The number of rotatable bonds is 5. The third kappa shape index (κ3) is 3.46. The fourth-order valence-electron chi connectivity index (χ4n) is 2.09. The average molecular weight is 287 g/mol. The number of aromatic nitrogens is 1. The smallest absolute Gasteiger partial charge is 0.252 e. The van der Waals surface area contributed by atoms with E-state index in [0.717, 1.165) is 0 Å². The van der Waals surface area contributed by atoms with E-state index < -0.39 is 5.91 Å². The number of para-hydroxylation sites is 1. The van der Waals surface area contributed by atoms with Crippen molar-refractivity contribution in [3.05, 3.63) is 35.9 Å². The van der Waals surface area contributed by atoms with Crippen LogP contribution in [0.2, 0.25) is 0 Å². The summed E-state index contributed by atoms with van der Waals surface area (Å²) in [5, 5.41) is 3.44. The maximum atomic E-state index is 12.4. The highest BCUT2D eigenvalue weighted by Gasteiger charge is 2.15. The van der Waals surface area contributed by atoms with Crippen molar-refractivity contribution in [3.8, 4) is 0 Å². The molecule has 7 heteroatoms. The second-order valence-corrected chi connectivity index (χ2v) is 4.76. The molecule has 1 heterocycles. The van der Waals surface area contributed by atoms with Gasteiger partial charge in [0.05, 0.1) is 11.1 Å². The number of benzene rings is 1. The molecule has 7 nitrogen and oxygen atoms in total. The molecular formula is C14H17N5O2. The lowest BCUT2D eigenvalue weighted by molar-refractivity contribution is -0.118. The van der Waals surface area contributed by atoms with E-state index in [1.165, 1.54) is 0 Å². The van der Waals surface area contributed by atoms with Gasteiger partial charge in [0.25, 0.3) is 5.91 Å². The Labute approximate surface area is 121 Å². The average Bonchev–Trinajstić information content (AvgIpc) is 2.44. The van der Waals surface area contributed by atoms with Crippen molar-refractivity contribution in [2.45, 2.75) is 19.4 Å². The molecule has 0 aliphatic heterocycles. The van der Waals surface area contributed by atoms with Gasteiger partial charge in [-0.1, -0.05) is 18.2 Å². The first-order valence-electron chi connectivity index (χ1n) is 6.47. The van der Waals surface area contributed by atoms with E-state index in [4.69, 9.17) is 11.6 Å². The molecule has 1 aromatic carbocycles. The number of fused-ring (bicyclic) bond motifs is 1. The Balaban J connectivity index is 2.35. The number of anilines is 1. The zero-order valence-electron chi connectivity index (χ0n) is 11.6. The summed E-state index contributed by atoms with van der Waals surface area (Å²) in [6.07, 6.45) is 0.0801. The van der Waals surface area contributed by atoms with Crippen molar-refractivity contribution in [1.29, 1.82) is 0 Å². The van der Waals surface area contributed by atoms with Gasteiger partial charge in [-0.2, -0.15) is 0 Å². The van der Waals surface area contributed by atoms with Crippen LogP contribution in [0.5, 0.6) is 0 Å². The fraction of sp³-hybridized carbons (Fsp3) is 0.214. The molecule has 1 atom stereocenters. The lowest BCUT2D eigenvalue weighted by Gasteiger charge is -2.14. The van der Waals surface area contributed by atoms with Crippen molar-refractivity contribution in [2.75, 3.05) is 5.43 Å². The number of carbonyl (C=O) groups is 2. The van der Waals surface area contributed by atoms with E-state index in [1.807, 2.05) is 12.1 Å². The molecule has 0 radical (unpaired) electrons. The van der Waals surface area contributed by atoms with Gasteiger partial charge in [0.2, 0.25) is 5.91 Å². The van der Waals surface area contributed by atoms with Gasteiger partial charge >= 0.3 is 0 Å². The third-order valence-corrected chi connectivity index (χ3v) is 2.99. The molecule has 2 rings (SSSR count). The van der Waals surface area contributed by atoms with Crippen molar-refractivity contribution in [2.24, 2.45) is 11.6 Å². The summed E-state index contributed by atoms with van der Waals surface area (Å²) in [6.45, 7) is 1.72. The molecule has 6 N–H and O–H groups in total. The van der Waals surface area contributed by atoms with Crippen molar-refractivity contribution in [1.82, 2.24) is 10.3 Å². The van der Waals surface area contributed by atoms with Crippen LogP contribution < -0.4 is 22.3 Å². The van der Waals surface area contributed by atoms with Crippen LogP contribution in [0.4, 0.5) is 5.82 Å². The molecule has 110 valence electrons. The number of primary amides is 1. The maximum absolute atomic E-state index is 12.4. The summed E-state index contributed by atoms with van der Waals surface area (Å²) in [7, 11) is 0. The molecule has 0 spiro atoms. The monoisotopic (exact) mass is 287 g/mol. The predicted octanol–water partition coefficient (Wildman–Crippen LogP) is 0.514. The van der Waals surface area contributed by atoms with E-state index in [2.05, 4.69) is 15.7 Å². The lowest BCUT2D eigenvalue weighted by atomic mass is 10.1. The SMILES string of the molecule is CC(CC(N)=O)NC(=O)c1cc(NN)nc2ccccc12. The topological polar surface area (TPSA) is 123 Å². The zero-order chi connectivity index (χ0) is 15.4. The molecule has 0 aliphatic rings. The quantitative estimate of drug-likeness (QED) is 0.471. The van der Waals surface area contributed by atoms with Gasteiger partial charge in [0, 0.05) is 17.8 Å². The van der Waals surface area contributed by atoms with Gasteiger partial charge in [-0.3, -0.25) is 9.59 Å². The van der Waals surface area contributed by atoms with Crippen LogP contribution in [0.1, 0.15) is 23.7 Å². The van der Waals surface area contributed by atoms with Crippen LogP contribution in [-0.4, -0.2) is 22.8 Å². The molecule has 2 amide bonds. The largest absolute Gasteiger partial charge is 0.370 e. The number of nitrogens with two attached hydrogens (primary N) is 2. The summed E-state index contributed by atoms with van der Waals surface area (Å²) in [6, 6.07) is 8.46. The van der Waals surface area contributed by atoms with Gasteiger partial charge in [-0.05, 0) is 19.1 Å². The molecule has 0 bridgehead atoms. The number of amides is 2. The number of nitrogens with one attached hydrogen (secondary N) is 2. The predicted molar refractivity (Wildman–Crippen MR) is 80.3 cm³/mol. The molecule has 0 fully saturated rings. The summed E-state index contributed by atoms with van der Waals surface area (Å²) < 4.78 is 0. The van der Waals surface area contributed by atoms with E-state index in [9.17, 15) is 9.59 Å². The highest BCUT2D eigenvalue weighted by Crippen LogP contribution is 2.20. The van der Waals surface area contributed by atoms with E-state index in [-0.39, 0.29) is 18.4 Å². The van der Waals surface area contributed by atoms with Crippen LogP contribution in [0, 0.1) is 0 Å². The number of nitrogen functional groups attached to an aromatic ring is 1. The first kappa shape index (κ1) is 14.7. The van der Waals surface area contributed by atoms with Crippen molar-refractivity contribution < 1.29 is 9.59 Å². The lowest BCUT2D eigenvalue weighted by Crippen LogP contribution is -2.35. The Morgan fingerprint density at radius 1 is 1.33 bits per heavy atom. The molecular weight excluding hydrogens is 270 g/mol. The van der Waals surface area contributed by atoms with Gasteiger partial charge < -0.3 is 16.5 Å². The van der Waals surface area contributed by atoms with Gasteiger partial charge in [-0.25, -0.2) is 10.8 Å². The highest BCUT2D eigenvalue weighted by molar-refractivity contribution is 6.07. The standard InChI is InChI=1S/C14H17N5O2/c1-8(6-12(15)20)17-14(21)10-7-13(19-16)18-11-5-3-2-4-9(10)11/h2-5,7-8H,6,16H2,1H3,(H2,15,20)(H,17,21)(H,18,19). The number of pyridine rings is 1. The van der Waals surface area contributed by atoms with Gasteiger partial charge in [0.15, 0.2) is 0 Å². The van der Waals surface area contributed by atoms with Crippen LogP contribution in [-0.2, 0) is 4.79 Å². The molecule has 1 aromatic heterocycles. The number of hydrogen-bond acceptors (Lipinski definition) is 5. The summed E-state index contributed by atoms with van der Waals surface area (Å²) >= 11 is 0. The van der Waals surface area contributed by atoms with Crippen molar-refractivity contribution in [3.63, 3.8) is 0 Å². The molecule has 2 aromatic rings. The van der Waals surface area contributed by atoms with E-state index in [1.54, 1.807) is 25.1 Å². The van der Waals surface area contributed by atoms with Crippen LogP contribution in [0.15, 0.2) is 30.3 Å². The minimum atomic E-state index is -0.466. The number of carbonyl (C=O) groups excluding carboxylic acids is 2. The van der Waals surface area contributed by atoms with Crippen LogP contribution >= 0.6 is 0 Å². The van der Waals surface area contributed by atoms with Crippen LogP contribution in [0.3, 0.4) is 0 Å². The Bertz CT molecular complexity index is 686. The summed E-state index contributed by atoms with van der Waals surface area (Å²) in [5.74, 6) is 4.99. The molecule has 1 unspecified atom stereocenters. The normalized spacial score (nSPS) is 11.9. The first-order valence-corrected chi connectivity index (χ1v) is 6.47. The molecule has 0 saturated heterocycles. The minimum Gasteiger partial charge on any atom is -0.370 e. The second-order valence-electron chi connectivity index (χ2n) is 4.76. The molecule has 21 heavy (non-hydrogen) atoms. The first-order chi connectivity index (χ1) is 10.0. The number of hydrogen-bond donors (Lipinski definition) is 4. The summed E-state index contributed by atoms with van der Waals surface area (Å²) in [5.41, 5.74) is 8.64.